The highest BCUT2D eigenvalue weighted by atomic mass is 32.2. The van der Waals surface area contributed by atoms with Crippen molar-refractivity contribution in [2.24, 2.45) is 0 Å². The number of carbonyl (C=O) groups is 2. The molecule has 0 spiro atoms. The number of benzene rings is 1. The Labute approximate surface area is 143 Å². The molecule has 1 amide bonds. The van der Waals surface area contributed by atoms with Gasteiger partial charge in [-0.2, -0.15) is 0 Å². The maximum Gasteiger partial charge on any atom is 0.246 e. The Balaban J connectivity index is 1.88. The van der Waals surface area contributed by atoms with Crippen LogP contribution in [0, 0.1) is 19.7 Å². The van der Waals surface area contributed by atoms with Crippen molar-refractivity contribution in [1.82, 2.24) is 15.2 Å². The van der Waals surface area contributed by atoms with Crippen LogP contribution in [0.4, 0.5) is 4.39 Å². The maximum atomic E-state index is 12.8. The topological polar surface area (TPSA) is 118 Å². The van der Waals surface area contributed by atoms with E-state index in [0.29, 0.717) is 0 Å². The number of hydrogen-bond acceptors (Lipinski definition) is 6. The smallest absolute Gasteiger partial charge is 0.246 e. The van der Waals surface area contributed by atoms with Gasteiger partial charge in [0.15, 0.2) is 11.5 Å². The lowest BCUT2D eigenvalue weighted by Crippen LogP contribution is -2.39. The van der Waals surface area contributed by atoms with Crippen molar-refractivity contribution in [3.63, 3.8) is 0 Å². The predicted molar refractivity (Wildman–Crippen MR) is 84.9 cm³/mol. The fraction of sp³-hybridized carbons (Fsp3) is 0.267. The van der Waals surface area contributed by atoms with Gasteiger partial charge in [-0.25, -0.2) is 17.5 Å². The predicted octanol–water partition coefficient (Wildman–Crippen LogP) is 0.708. The summed E-state index contributed by atoms with van der Waals surface area (Å²) >= 11 is 0. The zero-order chi connectivity index (χ0) is 18.6. The average Bonchev–Trinajstić information content (AvgIpc) is 2.91. The van der Waals surface area contributed by atoms with Gasteiger partial charge in [0.1, 0.15) is 16.4 Å². The van der Waals surface area contributed by atoms with Gasteiger partial charge in [0.05, 0.1) is 13.1 Å². The molecule has 134 valence electrons. The van der Waals surface area contributed by atoms with E-state index in [1.165, 1.54) is 26.0 Å². The normalized spacial score (nSPS) is 11.3. The molecule has 0 fully saturated rings. The Bertz CT molecular complexity index is 871. The van der Waals surface area contributed by atoms with E-state index in [2.05, 4.69) is 15.2 Å². The second-order valence-electron chi connectivity index (χ2n) is 5.18. The fourth-order valence-corrected chi connectivity index (χ4v) is 3.38. The number of nitrogens with one attached hydrogen (secondary N) is 2. The van der Waals surface area contributed by atoms with Crippen LogP contribution in [0.3, 0.4) is 0 Å². The van der Waals surface area contributed by atoms with E-state index < -0.39 is 34.1 Å². The van der Waals surface area contributed by atoms with Crippen molar-refractivity contribution in [2.45, 2.75) is 18.7 Å². The zero-order valence-electron chi connectivity index (χ0n) is 13.5. The van der Waals surface area contributed by atoms with Crippen LogP contribution in [0.25, 0.3) is 0 Å². The summed E-state index contributed by atoms with van der Waals surface area (Å²) in [6.45, 7) is 2.02. The average molecular weight is 369 g/mol. The first-order valence-electron chi connectivity index (χ1n) is 7.18. The van der Waals surface area contributed by atoms with Crippen LogP contribution in [0.15, 0.2) is 33.7 Å². The van der Waals surface area contributed by atoms with E-state index in [1.54, 1.807) is 0 Å². The quantitative estimate of drug-likeness (QED) is 0.694. The van der Waals surface area contributed by atoms with E-state index >= 15 is 0 Å². The molecule has 0 bridgehead atoms. The van der Waals surface area contributed by atoms with Crippen LogP contribution in [0.5, 0.6) is 0 Å². The molecule has 2 rings (SSSR count). The number of rotatable bonds is 7. The van der Waals surface area contributed by atoms with Gasteiger partial charge in [0, 0.05) is 5.56 Å². The monoisotopic (exact) mass is 369 g/mol. The lowest BCUT2D eigenvalue weighted by Gasteiger charge is -2.07. The van der Waals surface area contributed by atoms with E-state index in [9.17, 15) is 22.4 Å². The minimum atomic E-state index is -3.96. The van der Waals surface area contributed by atoms with Gasteiger partial charge in [-0.15, -0.1) is 0 Å². The largest absolute Gasteiger partial charge is 0.360 e. The third-order valence-electron chi connectivity index (χ3n) is 3.27. The summed E-state index contributed by atoms with van der Waals surface area (Å²) < 4.78 is 44.0. The molecule has 0 aliphatic heterocycles. The minimum absolute atomic E-state index is 0.108. The van der Waals surface area contributed by atoms with Crippen molar-refractivity contribution < 1.29 is 26.9 Å². The summed E-state index contributed by atoms with van der Waals surface area (Å²) in [5, 5.41) is 5.84. The first-order valence-corrected chi connectivity index (χ1v) is 8.67. The van der Waals surface area contributed by atoms with Crippen LogP contribution >= 0.6 is 0 Å². The van der Waals surface area contributed by atoms with E-state index in [4.69, 9.17) is 4.52 Å². The van der Waals surface area contributed by atoms with Gasteiger partial charge >= 0.3 is 0 Å². The van der Waals surface area contributed by atoms with Gasteiger partial charge in [-0.1, -0.05) is 5.16 Å². The maximum absolute atomic E-state index is 12.8. The highest BCUT2D eigenvalue weighted by Gasteiger charge is 2.24. The summed E-state index contributed by atoms with van der Waals surface area (Å²) in [6, 6.07) is 4.85. The lowest BCUT2D eigenvalue weighted by atomic mass is 10.1. The van der Waals surface area contributed by atoms with Crippen LogP contribution in [-0.4, -0.2) is 38.4 Å². The molecule has 1 aromatic heterocycles. The summed E-state index contributed by atoms with van der Waals surface area (Å²) in [5.74, 6) is -1.49. The molecule has 1 heterocycles. The highest BCUT2D eigenvalue weighted by Crippen LogP contribution is 2.18. The van der Waals surface area contributed by atoms with E-state index in [1.807, 2.05) is 0 Å². The van der Waals surface area contributed by atoms with Crippen molar-refractivity contribution in [2.75, 3.05) is 13.1 Å². The first kappa shape index (κ1) is 18.7. The SMILES string of the molecule is Cc1noc(C)c1S(=O)(=O)NCC(=O)NCC(=O)c1ccc(F)cc1. The number of hydrogen-bond donors (Lipinski definition) is 2. The Kier molecular flexibility index (Phi) is 5.65. The number of nitrogens with zero attached hydrogens (tertiary/aromatic N) is 1. The molecule has 0 unspecified atom stereocenters. The second kappa shape index (κ2) is 7.53. The van der Waals surface area contributed by atoms with Crippen molar-refractivity contribution in [3.05, 3.63) is 47.1 Å². The number of aromatic nitrogens is 1. The molecule has 2 aromatic rings. The molecule has 1 aromatic carbocycles. The summed E-state index contributed by atoms with van der Waals surface area (Å²) in [5.41, 5.74) is 0.412. The molecular weight excluding hydrogens is 353 g/mol. The minimum Gasteiger partial charge on any atom is -0.360 e. The Hall–Kier alpha value is -2.59. The Morgan fingerprint density at radius 1 is 1.16 bits per heavy atom. The molecule has 25 heavy (non-hydrogen) atoms. The van der Waals surface area contributed by atoms with Crippen LogP contribution in [0.1, 0.15) is 21.8 Å². The zero-order valence-corrected chi connectivity index (χ0v) is 14.3. The van der Waals surface area contributed by atoms with E-state index in [-0.39, 0.29) is 28.5 Å². The van der Waals surface area contributed by atoms with Gasteiger partial charge in [-0.3, -0.25) is 9.59 Å². The number of aryl methyl sites for hydroxylation is 2. The van der Waals surface area contributed by atoms with Crippen molar-refractivity contribution >= 4 is 21.7 Å². The number of sulfonamides is 1. The lowest BCUT2D eigenvalue weighted by molar-refractivity contribution is -0.119. The van der Waals surface area contributed by atoms with Gasteiger partial charge in [0.25, 0.3) is 0 Å². The number of Topliss-reactive ketones (excluding diaryl/α,β-unsaturated/α-hetero) is 1. The van der Waals surface area contributed by atoms with Crippen LogP contribution in [-0.2, 0) is 14.8 Å². The van der Waals surface area contributed by atoms with Gasteiger partial charge < -0.3 is 9.84 Å². The third-order valence-corrected chi connectivity index (χ3v) is 4.92. The van der Waals surface area contributed by atoms with Crippen molar-refractivity contribution in [1.29, 1.82) is 0 Å². The van der Waals surface area contributed by atoms with Gasteiger partial charge in [-0.05, 0) is 38.1 Å². The molecule has 0 radical (unpaired) electrons. The molecule has 0 atom stereocenters. The first-order chi connectivity index (χ1) is 11.7. The van der Waals surface area contributed by atoms with Crippen molar-refractivity contribution in [3.8, 4) is 0 Å². The molecular formula is C15H16FN3O5S. The number of amides is 1. The number of ketones is 1. The Morgan fingerprint density at radius 3 is 2.36 bits per heavy atom. The molecule has 2 N–H and O–H groups in total. The summed E-state index contributed by atoms with van der Waals surface area (Å²) in [7, 11) is -3.96. The molecule has 8 nitrogen and oxygen atoms in total. The number of halogens is 1. The third kappa shape index (κ3) is 4.70. The number of carbonyl (C=O) groups excluding carboxylic acids is 2. The molecule has 10 heteroatoms. The second-order valence-corrected chi connectivity index (χ2v) is 6.89. The Morgan fingerprint density at radius 2 is 1.80 bits per heavy atom. The summed E-state index contributed by atoms with van der Waals surface area (Å²) in [6.07, 6.45) is 0. The molecule has 0 saturated heterocycles. The van der Waals surface area contributed by atoms with Crippen LogP contribution < -0.4 is 10.0 Å². The molecule has 0 saturated carbocycles. The van der Waals surface area contributed by atoms with Gasteiger partial charge in [0.2, 0.25) is 15.9 Å². The summed E-state index contributed by atoms with van der Waals surface area (Å²) in [4.78, 5) is 23.4. The van der Waals surface area contributed by atoms with Crippen LogP contribution in [0.2, 0.25) is 0 Å². The standard InChI is InChI=1S/C15H16FN3O5S/c1-9-15(10(2)24-19-9)25(22,23)18-8-14(21)17-7-13(20)11-3-5-12(16)6-4-11/h3-6,18H,7-8H2,1-2H3,(H,17,21). The molecule has 0 aliphatic carbocycles. The highest BCUT2D eigenvalue weighted by molar-refractivity contribution is 7.89. The molecule has 0 aliphatic rings. The van der Waals surface area contributed by atoms with E-state index in [0.717, 1.165) is 12.1 Å². The fourth-order valence-electron chi connectivity index (χ4n) is 2.07.